The van der Waals surface area contributed by atoms with E-state index in [0.29, 0.717) is 16.7 Å². The molecular formula is C20H30. The highest BCUT2D eigenvalue weighted by Gasteiger charge is 2.30. The Balaban J connectivity index is 2.37. The van der Waals surface area contributed by atoms with Gasteiger partial charge in [-0.25, -0.2) is 0 Å². The summed E-state index contributed by atoms with van der Waals surface area (Å²) in [6.45, 7) is 14.2. The van der Waals surface area contributed by atoms with Gasteiger partial charge in [-0.05, 0) is 52.7 Å². The average molecular weight is 270 g/mol. The van der Waals surface area contributed by atoms with Crippen molar-refractivity contribution in [1.82, 2.24) is 0 Å². The molecule has 1 unspecified atom stereocenters. The van der Waals surface area contributed by atoms with Gasteiger partial charge in [0.1, 0.15) is 0 Å². The highest BCUT2D eigenvalue weighted by molar-refractivity contribution is 5.57. The Bertz CT molecular complexity index is 492. The normalized spacial score (nSPS) is 16.9. The molecule has 0 saturated heterocycles. The fraction of sp³-hybridized carbons (Fsp3) is 0.600. The lowest BCUT2D eigenvalue weighted by Gasteiger charge is -2.36. The number of hydrogen-bond donors (Lipinski definition) is 0. The molecule has 0 fully saturated rings. The van der Waals surface area contributed by atoms with E-state index in [1.54, 1.807) is 0 Å². The molecule has 1 aromatic rings. The van der Waals surface area contributed by atoms with E-state index in [0.717, 1.165) is 0 Å². The van der Waals surface area contributed by atoms with Crippen LogP contribution in [0.3, 0.4) is 0 Å². The lowest BCUT2D eigenvalue weighted by molar-refractivity contribution is 0.229. The summed E-state index contributed by atoms with van der Waals surface area (Å²) in [5.74, 6) is 0.624. The first-order valence-electron chi connectivity index (χ1n) is 7.96. The fourth-order valence-electron chi connectivity index (χ4n) is 3.21. The zero-order valence-corrected chi connectivity index (χ0v) is 14.1. The van der Waals surface area contributed by atoms with Gasteiger partial charge >= 0.3 is 0 Å². The van der Waals surface area contributed by atoms with Crippen molar-refractivity contribution in [3.05, 3.63) is 41.0 Å². The van der Waals surface area contributed by atoms with E-state index in [-0.39, 0.29) is 0 Å². The average Bonchev–Trinajstić information content (AvgIpc) is 2.33. The highest BCUT2D eigenvalue weighted by atomic mass is 14.3. The predicted octanol–water partition coefficient (Wildman–Crippen LogP) is 6.21. The van der Waals surface area contributed by atoms with Gasteiger partial charge in [-0.2, -0.15) is 0 Å². The van der Waals surface area contributed by atoms with Crippen LogP contribution in [-0.2, 0) is 6.42 Å². The Kier molecular flexibility index (Phi) is 4.14. The van der Waals surface area contributed by atoms with Gasteiger partial charge in [0.2, 0.25) is 0 Å². The van der Waals surface area contributed by atoms with Gasteiger partial charge in [0.05, 0.1) is 0 Å². The molecule has 1 atom stereocenters. The van der Waals surface area contributed by atoms with E-state index in [9.17, 15) is 0 Å². The molecule has 0 amide bonds. The summed E-state index contributed by atoms with van der Waals surface area (Å²) in [4.78, 5) is 0. The minimum atomic E-state index is 0.312. The van der Waals surface area contributed by atoms with Crippen LogP contribution in [0.2, 0.25) is 0 Å². The zero-order valence-electron chi connectivity index (χ0n) is 14.1. The number of benzene rings is 1. The van der Waals surface area contributed by atoms with Crippen LogP contribution < -0.4 is 0 Å². The second-order valence-corrected chi connectivity index (χ2v) is 8.58. The maximum atomic E-state index is 2.47. The van der Waals surface area contributed by atoms with E-state index in [1.807, 2.05) is 0 Å². The van der Waals surface area contributed by atoms with Crippen LogP contribution in [0.25, 0.3) is 6.08 Å². The molecule has 0 nitrogen and oxygen atoms in total. The van der Waals surface area contributed by atoms with E-state index < -0.39 is 0 Å². The topological polar surface area (TPSA) is 0 Å². The number of allylic oxidation sites excluding steroid dienone is 1. The van der Waals surface area contributed by atoms with Gasteiger partial charge in [-0.15, -0.1) is 0 Å². The van der Waals surface area contributed by atoms with Crippen LogP contribution in [0.5, 0.6) is 0 Å². The molecule has 2 rings (SSSR count). The quantitative estimate of drug-likeness (QED) is 0.599. The zero-order chi connectivity index (χ0) is 15.0. The van der Waals surface area contributed by atoms with Crippen molar-refractivity contribution in [2.24, 2.45) is 10.8 Å². The van der Waals surface area contributed by atoms with Gasteiger partial charge in [0, 0.05) is 0 Å². The molecule has 0 heterocycles. The summed E-state index contributed by atoms with van der Waals surface area (Å²) >= 11 is 0. The van der Waals surface area contributed by atoms with Crippen LogP contribution in [0, 0.1) is 10.8 Å². The van der Waals surface area contributed by atoms with Crippen molar-refractivity contribution in [3.8, 4) is 0 Å². The monoisotopic (exact) mass is 270 g/mol. The van der Waals surface area contributed by atoms with Crippen LogP contribution in [0.15, 0.2) is 24.3 Å². The molecule has 1 aliphatic rings. The molecule has 0 aromatic heterocycles. The van der Waals surface area contributed by atoms with Crippen LogP contribution in [0.4, 0.5) is 0 Å². The Morgan fingerprint density at radius 3 is 2.35 bits per heavy atom. The molecule has 1 aromatic carbocycles. The van der Waals surface area contributed by atoms with Crippen molar-refractivity contribution in [2.75, 3.05) is 0 Å². The third-order valence-corrected chi connectivity index (χ3v) is 4.31. The molecule has 0 heteroatoms. The maximum absolute atomic E-state index is 2.47. The van der Waals surface area contributed by atoms with Crippen molar-refractivity contribution in [2.45, 2.75) is 66.7 Å². The SMILES string of the molecule is CC(C)(C)CC(c1ccc2c(c1)CCC=C2)C(C)(C)C. The Labute approximate surface area is 125 Å². The number of aryl methyl sites for hydroxylation is 1. The molecule has 1 aliphatic carbocycles. The largest absolute Gasteiger partial charge is 0.0836 e. The van der Waals surface area contributed by atoms with Gasteiger partial charge < -0.3 is 0 Å². The first-order valence-corrected chi connectivity index (χ1v) is 7.96. The van der Waals surface area contributed by atoms with Crippen LogP contribution in [0.1, 0.15) is 77.0 Å². The third kappa shape index (κ3) is 3.75. The second kappa shape index (κ2) is 5.39. The minimum Gasteiger partial charge on any atom is -0.0836 e. The molecule has 20 heavy (non-hydrogen) atoms. The number of rotatable bonds is 2. The van der Waals surface area contributed by atoms with Gasteiger partial charge in [-0.1, -0.05) is 71.9 Å². The minimum absolute atomic E-state index is 0.312. The lowest BCUT2D eigenvalue weighted by atomic mass is 9.68. The summed E-state index contributed by atoms with van der Waals surface area (Å²) in [5, 5.41) is 0. The fourth-order valence-corrected chi connectivity index (χ4v) is 3.21. The maximum Gasteiger partial charge on any atom is -0.0108 e. The molecule has 0 spiro atoms. The highest BCUT2D eigenvalue weighted by Crippen LogP contribution is 2.43. The van der Waals surface area contributed by atoms with E-state index in [4.69, 9.17) is 0 Å². The summed E-state index contributed by atoms with van der Waals surface area (Å²) in [6.07, 6.45) is 8.20. The van der Waals surface area contributed by atoms with Crippen LogP contribution in [-0.4, -0.2) is 0 Å². The van der Waals surface area contributed by atoms with E-state index in [2.05, 4.69) is 71.9 Å². The molecule has 0 N–H and O–H groups in total. The van der Waals surface area contributed by atoms with Crippen molar-refractivity contribution in [3.63, 3.8) is 0 Å². The Morgan fingerprint density at radius 1 is 1.05 bits per heavy atom. The molecule has 0 bridgehead atoms. The summed E-state index contributed by atoms with van der Waals surface area (Å²) in [5.41, 5.74) is 5.16. The number of hydrogen-bond acceptors (Lipinski definition) is 0. The summed E-state index contributed by atoms with van der Waals surface area (Å²) < 4.78 is 0. The van der Waals surface area contributed by atoms with Gasteiger partial charge in [-0.3, -0.25) is 0 Å². The lowest BCUT2D eigenvalue weighted by Crippen LogP contribution is -2.24. The molecule has 0 radical (unpaired) electrons. The Morgan fingerprint density at radius 2 is 1.75 bits per heavy atom. The van der Waals surface area contributed by atoms with Crippen molar-refractivity contribution < 1.29 is 0 Å². The van der Waals surface area contributed by atoms with Crippen LogP contribution >= 0.6 is 0 Å². The first kappa shape index (κ1) is 15.4. The Hall–Kier alpha value is -1.04. The van der Waals surface area contributed by atoms with Crippen molar-refractivity contribution >= 4 is 6.08 Å². The standard InChI is InChI=1S/C20H30/c1-19(2,3)14-18(20(4,5)6)17-12-11-15-9-7-8-10-16(15)13-17/h7,9,11-13,18H,8,10,14H2,1-6H3. The summed E-state index contributed by atoms with van der Waals surface area (Å²) in [7, 11) is 0. The second-order valence-electron chi connectivity index (χ2n) is 8.58. The van der Waals surface area contributed by atoms with E-state index in [1.165, 1.54) is 36.0 Å². The predicted molar refractivity (Wildman–Crippen MR) is 90.1 cm³/mol. The molecule has 0 aliphatic heterocycles. The summed E-state index contributed by atoms with van der Waals surface area (Å²) in [6, 6.07) is 7.15. The van der Waals surface area contributed by atoms with E-state index >= 15 is 0 Å². The van der Waals surface area contributed by atoms with Crippen molar-refractivity contribution in [1.29, 1.82) is 0 Å². The molecule has 110 valence electrons. The molecule has 0 saturated carbocycles. The number of fused-ring (bicyclic) bond motifs is 1. The third-order valence-electron chi connectivity index (χ3n) is 4.31. The smallest absolute Gasteiger partial charge is 0.0108 e. The van der Waals surface area contributed by atoms with Gasteiger partial charge in [0.25, 0.3) is 0 Å². The van der Waals surface area contributed by atoms with Gasteiger partial charge in [0.15, 0.2) is 0 Å². The first-order chi connectivity index (χ1) is 9.17. The molecular weight excluding hydrogens is 240 g/mol.